The fourth-order valence-corrected chi connectivity index (χ4v) is 1.31. The molecule has 0 aliphatic heterocycles. The molecule has 0 bridgehead atoms. The van der Waals surface area contributed by atoms with Crippen LogP contribution in [-0.4, -0.2) is 11.1 Å². The molecule has 4 heteroatoms. The summed E-state index contributed by atoms with van der Waals surface area (Å²) in [6.45, 7) is 3.16. The van der Waals surface area contributed by atoms with Gasteiger partial charge in [-0.2, -0.15) is 0 Å². The first kappa shape index (κ1) is 12.6. The molecule has 1 N–H and O–H groups in total. The highest BCUT2D eigenvalue weighted by atomic mass is 35.5. The van der Waals surface area contributed by atoms with E-state index < -0.39 is 5.97 Å². The van der Waals surface area contributed by atoms with Gasteiger partial charge in [0.1, 0.15) is 6.10 Å². The summed E-state index contributed by atoms with van der Waals surface area (Å²) >= 11 is 5.74. The van der Waals surface area contributed by atoms with E-state index in [1.54, 1.807) is 31.2 Å². The molecule has 0 aliphatic rings. The molecule has 0 radical (unpaired) electrons. The SMILES string of the molecule is C/C(O)=C/C(=O)OC(C)c1ccc(Cl)cc1. The molecule has 1 atom stereocenters. The fourth-order valence-electron chi connectivity index (χ4n) is 1.18. The van der Waals surface area contributed by atoms with Gasteiger partial charge in [-0.1, -0.05) is 23.7 Å². The van der Waals surface area contributed by atoms with Gasteiger partial charge in [-0.25, -0.2) is 4.79 Å². The van der Waals surface area contributed by atoms with Crippen LogP contribution in [-0.2, 0) is 9.53 Å². The quantitative estimate of drug-likeness (QED) is 0.500. The van der Waals surface area contributed by atoms with Crippen molar-refractivity contribution >= 4 is 17.6 Å². The van der Waals surface area contributed by atoms with Crippen LogP contribution >= 0.6 is 11.6 Å². The predicted octanol–water partition coefficient (Wildman–Crippen LogP) is 3.41. The van der Waals surface area contributed by atoms with Crippen LogP contribution in [0.3, 0.4) is 0 Å². The van der Waals surface area contributed by atoms with Crippen molar-refractivity contribution in [2.24, 2.45) is 0 Å². The Hall–Kier alpha value is -1.48. The van der Waals surface area contributed by atoms with E-state index in [0.717, 1.165) is 11.6 Å². The highest BCUT2D eigenvalue weighted by Crippen LogP contribution is 2.19. The second kappa shape index (κ2) is 5.56. The molecule has 3 nitrogen and oxygen atoms in total. The molecule has 86 valence electrons. The van der Waals surface area contributed by atoms with Gasteiger partial charge in [0, 0.05) is 5.02 Å². The number of halogens is 1. The van der Waals surface area contributed by atoms with E-state index in [4.69, 9.17) is 21.4 Å². The number of rotatable bonds is 3. The number of aliphatic hydroxyl groups excluding tert-OH is 1. The third-order valence-electron chi connectivity index (χ3n) is 1.96. The van der Waals surface area contributed by atoms with Gasteiger partial charge in [-0.3, -0.25) is 0 Å². The average Bonchev–Trinajstić information content (AvgIpc) is 2.16. The van der Waals surface area contributed by atoms with E-state index in [0.29, 0.717) is 5.02 Å². The zero-order chi connectivity index (χ0) is 12.1. The molecule has 0 amide bonds. The summed E-state index contributed by atoms with van der Waals surface area (Å²) in [5, 5.41) is 9.52. The molecular weight excluding hydrogens is 228 g/mol. The maximum Gasteiger partial charge on any atom is 0.334 e. The van der Waals surface area contributed by atoms with Crippen LogP contribution < -0.4 is 0 Å². The second-order valence-corrected chi connectivity index (χ2v) is 3.85. The number of aliphatic hydroxyl groups is 1. The Morgan fingerprint density at radius 1 is 1.44 bits per heavy atom. The summed E-state index contributed by atoms with van der Waals surface area (Å²) in [6, 6.07) is 7.04. The van der Waals surface area contributed by atoms with Crippen molar-refractivity contribution in [3.8, 4) is 0 Å². The summed E-state index contributed by atoms with van der Waals surface area (Å²) in [4.78, 5) is 11.2. The summed E-state index contributed by atoms with van der Waals surface area (Å²) in [5.41, 5.74) is 0.849. The highest BCUT2D eigenvalue weighted by molar-refractivity contribution is 6.30. The van der Waals surface area contributed by atoms with E-state index in [2.05, 4.69) is 0 Å². The monoisotopic (exact) mass is 240 g/mol. The van der Waals surface area contributed by atoms with E-state index >= 15 is 0 Å². The number of ether oxygens (including phenoxy) is 1. The fraction of sp³-hybridized carbons (Fsp3) is 0.250. The minimum atomic E-state index is -0.567. The molecule has 1 aromatic carbocycles. The van der Waals surface area contributed by atoms with E-state index in [1.165, 1.54) is 6.92 Å². The van der Waals surface area contributed by atoms with Gasteiger partial charge in [0.15, 0.2) is 0 Å². The Morgan fingerprint density at radius 2 is 2.00 bits per heavy atom. The lowest BCUT2D eigenvalue weighted by atomic mass is 10.1. The minimum Gasteiger partial charge on any atom is -0.512 e. The Bertz CT molecular complexity index is 391. The van der Waals surface area contributed by atoms with Crippen molar-refractivity contribution in [2.45, 2.75) is 20.0 Å². The summed E-state index contributed by atoms with van der Waals surface area (Å²) in [6.07, 6.45) is 0.659. The summed E-state index contributed by atoms with van der Waals surface area (Å²) in [5.74, 6) is -0.643. The molecule has 0 fully saturated rings. The lowest BCUT2D eigenvalue weighted by molar-refractivity contribution is -0.142. The lowest BCUT2D eigenvalue weighted by Gasteiger charge is -2.12. The van der Waals surface area contributed by atoms with Gasteiger partial charge >= 0.3 is 5.97 Å². The van der Waals surface area contributed by atoms with Crippen LogP contribution in [0.4, 0.5) is 0 Å². The Balaban J connectivity index is 2.65. The molecule has 0 heterocycles. The number of carbonyl (C=O) groups excluding carboxylic acids is 1. The van der Waals surface area contributed by atoms with E-state index in [9.17, 15) is 4.79 Å². The lowest BCUT2D eigenvalue weighted by Crippen LogP contribution is -2.06. The van der Waals surface area contributed by atoms with Gasteiger partial charge in [0.05, 0.1) is 11.8 Å². The molecule has 0 saturated heterocycles. The highest BCUT2D eigenvalue weighted by Gasteiger charge is 2.09. The van der Waals surface area contributed by atoms with Crippen molar-refractivity contribution < 1.29 is 14.6 Å². The number of benzene rings is 1. The average molecular weight is 241 g/mol. The Morgan fingerprint density at radius 3 is 2.50 bits per heavy atom. The topological polar surface area (TPSA) is 46.5 Å². The van der Waals surface area contributed by atoms with Gasteiger partial charge in [-0.05, 0) is 31.5 Å². The van der Waals surface area contributed by atoms with E-state index in [-0.39, 0.29) is 11.9 Å². The molecule has 1 unspecified atom stereocenters. The van der Waals surface area contributed by atoms with Crippen LogP contribution in [0.5, 0.6) is 0 Å². The van der Waals surface area contributed by atoms with Gasteiger partial charge in [0.25, 0.3) is 0 Å². The van der Waals surface area contributed by atoms with Crippen molar-refractivity contribution in [3.05, 3.63) is 46.7 Å². The third kappa shape index (κ3) is 3.95. The smallest absolute Gasteiger partial charge is 0.334 e. The number of allylic oxidation sites excluding steroid dienone is 1. The van der Waals surface area contributed by atoms with Crippen LogP contribution in [0.1, 0.15) is 25.5 Å². The molecule has 1 rings (SSSR count). The van der Waals surface area contributed by atoms with Gasteiger partial charge < -0.3 is 9.84 Å². The van der Waals surface area contributed by atoms with Gasteiger partial charge in [0.2, 0.25) is 0 Å². The molecule has 0 spiro atoms. The minimum absolute atomic E-state index is 0.0756. The van der Waals surface area contributed by atoms with Crippen LogP contribution in [0.25, 0.3) is 0 Å². The van der Waals surface area contributed by atoms with Crippen LogP contribution in [0.2, 0.25) is 5.02 Å². The molecule has 1 aromatic rings. The number of hydrogen-bond donors (Lipinski definition) is 1. The standard InChI is InChI=1S/C12H13ClO3/c1-8(14)7-12(15)16-9(2)10-3-5-11(13)6-4-10/h3-7,9,14H,1-2H3/b8-7-. The predicted molar refractivity (Wildman–Crippen MR) is 62.3 cm³/mol. The van der Waals surface area contributed by atoms with Crippen molar-refractivity contribution in [2.75, 3.05) is 0 Å². The molecular formula is C12H13ClO3. The molecule has 0 aromatic heterocycles. The maximum absolute atomic E-state index is 11.2. The van der Waals surface area contributed by atoms with Crippen LogP contribution in [0.15, 0.2) is 36.1 Å². The van der Waals surface area contributed by atoms with Crippen molar-refractivity contribution in [3.63, 3.8) is 0 Å². The zero-order valence-electron chi connectivity index (χ0n) is 9.11. The summed E-state index contributed by atoms with van der Waals surface area (Å²) < 4.78 is 5.07. The van der Waals surface area contributed by atoms with Crippen LogP contribution in [0, 0.1) is 0 Å². The molecule has 16 heavy (non-hydrogen) atoms. The van der Waals surface area contributed by atoms with Crippen molar-refractivity contribution in [1.82, 2.24) is 0 Å². The number of esters is 1. The first-order valence-corrected chi connectivity index (χ1v) is 5.20. The second-order valence-electron chi connectivity index (χ2n) is 3.42. The Kier molecular flexibility index (Phi) is 4.38. The number of carbonyl (C=O) groups is 1. The third-order valence-corrected chi connectivity index (χ3v) is 2.21. The zero-order valence-corrected chi connectivity index (χ0v) is 9.86. The maximum atomic E-state index is 11.2. The molecule has 0 saturated carbocycles. The number of hydrogen-bond acceptors (Lipinski definition) is 3. The van der Waals surface area contributed by atoms with Gasteiger partial charge in [-0.15, -0.1) is 0 Å². The van der Waals surface area contributed by atoms with E-state index in [1.807, 2.05) is 0 Å². The molecule has 0 aliphatic carbocycles. The first-order valence-electron chi connectivity index (χ1n) is 4.82. The first-order chi connectivity index (χ1) is 7.49. The normalized spacial score (nSPS) is 13.3. The largest absolute Gasteiger partial charge is 0.512 e. The Labute approximate surface area is 99.3 Å². The van der Waals surface area contributed by atoms with Crippen molar-refractivity contribution in [1.29, 1.82) is 0 Å². The summed E-state index contributed by atoms with van der Waals surface area (Å²) in [7, 11) is 0.